The van der Waals surface area contributed by atoms with Gasteiger partial charge in [0.25, 0.3) is 0 Å². The fourth-order valence-electron chi connectivity index (χ4n) is 2.60. The number of piperidine rings is 1. The third-order valence-electron chi connectivity index (χ3n) is 3.87. The van der Waals surface area contributed by atoms with Crippen LogP contribution in [-0.4, -0.2) is 48.5 Å². The van der Waals surface area contributed by atoms with Crippen LogP contribution in [0.5, 0.6) is 5.75 Å². The van der Waals surface area contributed by atoms with Gasteiger partial charge in [0, 0.05) is 30.2 Å². The van der Waals surface area contributed by atoms with Crippen LogP contribution in [0.2, 0.25) is 5.02 Å². The number of nitro benzene ring substituents is 1. The average Bonchev–Trinajstić information content (AvgIpc) is 2.55. The standard InChI is InChI=1S/C15H20ClN3O4/c1-17-12-3-2-7-18(10-12)15(20)6-8-23-14-5-4-11(16)9-13(14)19(21)22/h4-5,9,12,17H,2-3,6-8,10H2,1H3. The molecule has 23 heavy (non-hydrogen) atoms. The number of ether oxygens (including phenoxy) is 1. The van der Waals surface area contributed by atoms with E-state index in [4.69, 9.17) is 16.3 Å². The topological polar surface area (TPSA) is 84.7 Å². The molecule has 0 spiro atoms. The van der Waals surface area contributed by atoms with E-state index < -0.39 is 4.92 Å². The number of rotatable bonds is 6. The Morgan fingerprint density at radius 3 is 3.04 bits per heavy atom. The number of likely N-dealkylation sites (tertiary alicyclic amines) is 1. The monoisotopic (exact) mass is 341 g/mol. The van der Waals surface area contributed by atoms with Crippen molar-refractivity contribution >= 4 is 23.2 Å². The van der Waals surface area contributed by atoms with Crippen LogP contribution in [0.25, 0.3) is 0 Å². The normalized spacial score (nSPS) is 17.8. The van der Waals surface area contributed by atoms with Gasteiger partial charge in [-0.3, -0.25) is 14.9 Å². The molecule has 126 valence electrons. The molecule has 1 heterocycles. The molecule has 1 atom stereocenters. The van der Waals surface area contributed by atoms with Gasteiger partial charge in [0.1, 0.15) is 0 Å². The molecule has 1 aromatic rings. The van der Waals surface area contributed by atoms with Crippen molar-refractivity contribution in [2.24, 2.45) is 0 Å². The minimum Gasteiger partial charge on any atom is -0.486 e. The molecule has 1 unspecified atom stereocenters. The predicted molar refractivity (Wildman–Crippen MR) is 86.9 cm³/mol. The number of nitrogens with one attached hydrogen (secondary N) is 1. The van der Waals surface area contributed by atoms with Crippen LogP contribution in [0, 0.1) is 10.1 Å². The number of amides is 1. The van der Waals surface area contributed by atoms with Crippen LogP contribution >= 0.6 is 11.6 Å². The summed E-state index contributed by atoms with van der Waals surface area (Å²) in [7, 11) is 1.89. The van der Waals surface area contributed by atoms with Crippen molar-refractivity contribution in [3.05, 3.63) is 33.3 Å². The Bertz CT molecular complexity index is 582. The van der Waals surface area contributed by atoms with Crippen molar-refractivity contribution in [1.82, 2.24) is 10.2 Å². The Balaban J connectivity index is 1.87. The molecule has 0 saturated carbocycles. The number of nitro groups is 1. The maximum atomic E-state index is 12.2. The summed E-state index contributed by atoms with van der Waals surface area (Å²) in [6.07, 6.45) is 2.23. The highest BCUT2D eigenvalue weighted by molar-refractivity contribution is 6.30. The molecule has 1 saturated heterocycles. The fourth-order valence-corrected chi connectivity index (χ4v) is 2.77. The van der Waals surface area contributed by atoms with Crippen LogP contribution in [0.4, 0.5) is 5.69 Å². The Hall–Kier alpha value is -1.86. The van der Waals surface area contributed by atoms with E-state index in [0.29, 0.717) is 12.6 Å². The van der Waals surface area contributed by atoms with Crippen molar-refractivity contribution in [2.75, 3.05) is 26.7 Å². The predicted octanol–water partition coefficient (Wildman–Crippen LogP) is 2.23. The lowest BCUT2D eigenvalue weighted by Gasteiger charge is -2.32. The second-order valence-electron chi connectivity index (χ2n) is 5.44. The third kappa shape index (κ3) is 4.80. The molecule has 1 aromatic carbocycles. The molecule has 1 aliphatic rings. The quantitative estimate of drug-likeness (QED) is 0.633. The Morgan fingerprint density at radius 1 is 1.57 bits per heavy atom. The van der Waals surface area contributed by atoms with E-state index in [9.17, 15) is 14.9 Å². The average molecular weight is 342 g/mol. The lowest BCUT2D eigenvalue weighted by atomic mass is 10.1. The third-order valence-corrected chi connectivity index (χ3v) is 4.11. The van der Waals surface area contributed by atoms with E-state index in [0.717, 1.165) is 19.4 Å². The summed E-state index contributed by atoms with van der Waals surface area (Å²) >= 11 is 5.75. The van der Waals surface area contributed by atoms with Gasteiger partial charge in [0.2, 0.25) is 5.91 Å². The smallest absolute Gasteiger partial charge is 0.312 e. The lowest BCUT2D eigenvalue weighted by Crippen LogP contribution is -2.47. The van der Waals surface area contributed by atoms with Gasteiger partial charge in [-0.1, -0.05) is 11.6 Å². The summed E-state index contributed by atoms with van der Waals surface area (Å²) in [6.45, 7) is 1.54. The summed E-state index contributed by atoms with van der Waals surface area (Å²) in [4.78, 5) is 24.4. The number of hydrogen-bond donors (Lipinski definition) is 1. The maximum absolute atomic E-state index is 12.2. The number of benzene rings is 1. The summed E-state index contributed by atoms with van der Waals surface area (Å²) in [5, 5.41) is 14.4. The molecule has 7 nitrogen and oxygen atoms in total. The van der Waals surface area contributed by atoms with E-state index in [1.54, 1.807) is 0 Å². The molecule has 1 N–H and O–H groups in total. The molecule has 8 heteroatoms. The summed E-state index contributed by atoms with van der Waals surface area (Å²) in [5.74, 6) is 0.125. The molecule has 1 amide bonds. The molecular weight excluding hydrogens is 322 g/mol. The first kappa shape index (κ1) is 17.5. The molecular formula is C15H20ClN3O4. The minimum atomic E-state index is -0.550. The van der Waals surface area contributed by atoms with Crippen LogP contribution in [0.15, 0.2) is 18.2 Å². The number of halogens is 1. The highest BCUT2D eigenvalue weighted by atomic mass is 35.5. The van der Waals surface area contributed by atoms with Crippen molar-refractivity contribution < 1.29 is 14.5 Å². The van der Waals surface area contributed by atoms with Crippen molar-refractivity contribution in [3.63, 3.8) is 0 Å². The van der Waals surface area contributed by atoms with Crippen molar-refractivity contribution in [3.8, 4) is 5.75 Å². The van der Waals surface area contributed by atoms with Crippen molar-refractivity contribution in [2.45, 2.75) is 25.3 Å². The van der Waals surface area contributed by atoms with Crippen LogP contribution in [-0.2, 0) is 4.79 Å². The van der Waals surface area contributed by atoms with Gasteiger partial charge in [0.15, 0.2) is 5.75 Å². The van der Waals surface area contributed by atoms with Crippen LogP contribution in [0.1, 0.15) is 19.3 Å². The van der Waals surface area contributed by atoms with Crippen LogP contribution < -0.4 is 10.1 Å². The van der Waals surface area contributed by atoms with Gasteiger partial charge in [-0.2, -0.15) is 0 Å². The van der Waals surface area contributed by atoms with Crippen molar-refractivity contribution in [1.29, 1.82) is 0 Å². The Labute approximate surface area is 139 Å². The zero-order chi connectivity index (χ0) is 16.8. The lowest BCUT2D eigenvalue weighted by molar-refractivity contribution is -0.385. The minimum absolute atomic E-state index is 0.00145. The van der Waals surface area contributed by atoms with Gasteiger partial charge < -0.3 is 15.0 Å². The second-order valence-corrected chi connectivity index (χ2v) is 5.87. The zero-order valence-electron chi connectivity index (χ0n) is 13.0. The first-order chi connectivity index (χ1) is 11.0. The molecule has 0 radical (unpaired) electrons. The van der Waals surface area contributed by atoms with E-state index in [1.807, 2.05) is 11.9 Å². The zero-order valence-corrected chi connectivity index (χ0v) is 13.7. The van der Waals surface area contributed by atoms with E-state index in [-0.39, 0.29) is 35.4 Å². The van der Waals surface area contributed by atoms with Crippen LogP contribution in [0.3, 0.4) is 0 Å². The fraction of sp³-hybridized carbons (Fsp3) is 0.533. The number of likely N-dealkylation sites (N-methyl/N-ethyl adjacent to an activating group) is 1. The first-order valence-corrected chi connectivity index (χ1v) is 7.91. The number of nitrogens with zero attached hydrogens (tertiary/aromatic N) is 2. The largest absolute Gasteiger partial charge is 0.486 e. The first-order valence-electron chi connectivity index (χ1n) is 7.53. The van der Waals surface area contributed by atoms with Gasteiger partial charge >= 0.3 is 5.69 Å². The summed E-state index contributed by atoms with van der Waals surface area (Å²) in [5.41, 5.74) is -0.196. The number of carbonyl (C=O) groups excluding carboxylic acids is 1. The molecule has 0 aromatic heterocycles. The molecule has 2 rings (SSSR count). The highest BCUT2D eigenvalue weighted by Crippen LogP contribution is 2.29. The van der Waals surface area contributed by atoms with Gasteiger partial charge in [-0.25, -0.2) is 0 Å². The number of hydrogen-bond acceptors (Lipinski definition) is 5. The van der Waals surface area contributed by atoms with E-state index in [1.165, 1.54) is 18.2 Å². The molecule has 0 aliphatic carbocycles. The summed E-state index contributed by atoms with van der Waals surface area (Å²) in [6, 6.07) is 4.53. The summed E-state index contributed by atoms with van der Waals surface area (Å²) < 4.78 is 5.40. The van der Waals surface area contributed by atoms with Gasteiger partial charge in [-0.05, 0) is 32.0 Å². The maximum Gasteiger partial charge on any atom is 0.312 e. The molecule has 0 bridgehead atoms. The van der Waals surface area contributed by atoms with Gasteiger partial charge in [0.05, 0.1) is 18.0 Å². The van der Waals surface area contributed by atoms with Gasteiger partial charge in [-0.15, -0.1) is 0 Å². The molecule has 1 fully saturated rings. The highest BCUT2D eigenvalue weighted by Gasteiger charge is 2.22. The Morgan fingerprint density at radius 2 is 2.35 bits per heavy atom. The second kappa shape index (κ2) is 8.12. The van der Waals surface area contributed by atoms with E-state index in [2.05, 4.69) is 5.32 Å². The Kier molecular flexibility index (Phi) is 6.18. The molecule has 1 aliphatic heterocycles. The number of carbonyl (C=O) groups is 1. The van der Waals surface area contributed by atoms with E-state index >= 15 is 0 Å². The SMILES string of the molecule is CNC1CCCN(C(=O)CCOc2ccc(Cl)cc2[N+](=O)[O-])C1.